The predicted octanol–water partition coefficient (Wildman–Crippen LogP) is 3.08. The molecule has 2 fully saturated rings. The van der Waals surface area contributed by atoms with Gasteiger partial charge in [0.2, 0.25) is 5.91 Å². The fourth-order valence-electron chi connectivity index (χ4n) is 4.37. The van der Waals surface area contributed by atoms with Gasteiger partial charge in [0.05, 0.1) is 19.2 Å². The van der Waals surface area contributed by atoms with Gasteiger partial charge < -0.3 is 14.5 Å². The van der Waals surface area contributed by atoms with Crippen molar-refractivity contribution in [2.45, 2.75) is 50.8 Å². The van der Waals surface area contributed by atoms with Crippen LogP contribution in [-0.2, 0) is 16.1 Å². The minimum absolute atomic E-state index is 0.0317. The molecule has 2 aromatic rings. The minimum atomic E-state index is -0.256. The van der Waals surface area contributed by atoms with Crippen LogP contribution in [0.25, 0.3) is 11.0 Å². The summed E-state index contributed by atoms with van der Waals surface area (Å²) < 4.78 is 12.2. The van der Waals surface area contributed by atoms with E-state index >= 15 is 0 Å². The van der Waals surface area contributed by atoms with Gasteiger partial charge in [0, 0.05) is 25.4 Å². The number of morpholine rings is 1. The van der Waals surface area contributed by atoms with E-state index in [1.807, 2.05) is 18.2 Å². The molecule has 2 atom stereocenters. The summed E-state index contributed by atoms with van der Waals surface area (Å²) in [5, 5.41) is 4.28. The SMILES string of the molecule is CC(=O)N[C@H]1CCCC[C@@]12CN(Cc1cc3ccccc3o1)CCO2. The van der Waals surface area contributed by atoms with Crippen molar-refractivity contribution >= 4 is 16.9 Å². The molecule has 2 aliphatic rings. The smallest absolute Gasteiger partial charge is 0.217 e. The Bertz CT molecular complexity index is 719. The largest absolute Gasteiger partial charge is 0.460 e. The lowest BCUT2D eigenvalue weighted by Crippen LogP contribution is -2.63. The lowest BCUT2D eigenvalue weighted by Gasteiger charge is -2.49. The molecule has 1 aliphatic heterocycles. The Kier molecular flexibility index (Phi) is 4.52. The van der Waals surface area contributed by atoms with E-state index in [1.165, 1.54) is 0 Å². The maximum absolute atomic E-state index is 11.6. The van der Waals surface area contributed by atoms with E-state index in [0.717, 1.165) is 62.0 Å². The molecule has 134 valence electrons. The van der Waals surface area contributed by atoms with E-state index in [9.17, 15) is 4.79 Å². The molecule has 1 aliphatic carbocycles. The number of nitrogens with one attached hydrogen (secondary N) is 1. The number of para-hydroxylation sites is 1. The fourth-order valence-corrected chi connectivity index (χ4v) is 4.37. The second kappa shape index (κ2) is 6.81. The van der Waals surface area contributed by atoms with Gasteiger partial charge in [-0.3, -0.25) is 9.69 Å². The van der Waals surface area contributed by atoms with Crippen LogP contribution >= 0.6 is 0 Å². The molecule has 0 unspecified atom stereocenters. The van der Waals surface area contributed by atoms with Crippen molar-refractivity contribution < 1.29 is 13.9 Å². The topological polar surface area (TPSA) is 54.7 Å². The molecule has 5 heteroatoms. The van der Waals surface area contributed by atoms with Crippen LogP contribution in [0.15, 0.2) is 34.7 Å². The molecule has 1 saturated heterocycles. The number of hydrogen-bond donors (Lipinski definition) is 1. The third-order valence-corrected chi connectivity index (χ3v) is 5.50. The van der Waals surface area contributed by atoms with Crippen molar-refractivity contribution in [3.05, 3.63) is 36.1 Å². The number of carbonyl (C=O) groups is 1. The Hall–Kier alpha value is -1.85. The summed E-state index contributed by atoms with van der Waals surface area (Å²) in [4.78, 5) is 14.0. The van der Waals surface area contributed by atoms with Crippen molar-refractivity contribution in [2.75, 3.05) is 19.7 Å². The van der Waals surface area contributed by atoms with Crippen molar-refractivity contribution in [2.24, 2.45) is 0 Å². The van der Waals surface area contributed by atoms with E-state index in [1.54, 1.807) is 6.92 Å². The van der Waals surface area contributed by atoms with Gasteiger partial charge in [-0.1, -0.05) is 31.0 Å². The Labute approximate surface area is 148 Å². The van der Waals surface area contributed by atoms with E-state index < -0.39 is 0 Å². The van der Waals surface area contributed by atoms with Gasteiger partial charge in [-0.05, 0) is 25.0 Å². The van der Waals surface area contributed by atoms with Crippen LogP contribution in [0.1, 0.15) is 38.4 Å². The number of benzene rings is 1. The first-order chi connectivity index (χ1) is 12.1. The van der Waals surface area contributed by atoms with Crippen LogP contribution in [-0.4, -0.2) is 42.1 Å². The quantitative estimate of drug-likeness (QED) is 0.931. The average molecular weight is 342 g/mol. The number of rotatable bonds is 3. The molecule has 1 spiro atoms. The first kappa shape index (κ1) is 16.6. The number of carbonyl (C=O) groups excluding carboxylic acids is 1. The van der Waals surface area contributed by atoms with Gasteiger partial charge >= 0.3 is 0 Å². The molecule has 0 bridgehead atoms. The Balaban J connectivity index is 1.50. The summed E-state index contributed by atoms with van der Waals surface area (Å²) in [5.74, 6) is 1.02. The number of nitrogens with zero attached hydrogens (tertiary/aromatic N) is 1. The molecule has 1 amide bonds. The molecular formula is C20H26N2O3. The van der Waals surface area contributed by atoms with Crippen LogP contribution in [0.4, 0.5) is 0 Å². The Morgan fingerprint density at radius 3 is 3.08 bits per heavy atom. The first-order valence-corrected chi connectivity index (χ1v) is 9.25. The van der Waals surface area contributed by atoms with Gasteiger partial charge in [-0.25, -0.2) is 0 Å². The number of ether oxygens (including phenoxy) is 1. The number of amides is 1. The normalized spacial score (nSPS) is 27.6. The first-order valence-electron chi connectivity index (χ1n) is 9.25. The highest BCUT2D eigenvalue weighted by Crippen LogP contribution is 2.35. The Morgan fingerprint density at radius 1 is 1.36 bits per heavy atom. The minimum Gasteiger partial charge on any atom is -0.460 e. The van der Waals surface area contributed by atoms with E-state index in [4.69, 9.17) is 9.15 Å². The van der Waals surface area contributed by atoms with Gasteiger partial charge in [0.25, 0.3) is 0 Å². The maximum Gasteiger partial charge on any atom is 0.217 e. The lowest BCUT2D eigenvalue weighted by atomic mass is 9.78. The van der Waals surface area contributed by atoms with Crippen molar-refractivity contribution in [3.8, 4) is 0 Å². The zero-order chi connectivity index (χ0) is 17.3. The number of fused-ring (bicyclic) bond motifs is 1. The van der Waals surface area contributed by atoms with Crippen molar-refractivity contribution in [1.82, 2.24) is 10.2 Å². The zero-order valence-corrected chi connectivity index (χ0v) is 14.8. The van der Waals surface area contributed by atoms with Crippen LogP contribution in [0.2, 0.25) is 0 Å². The van der Waals surface area contributed by atoms with Gasteiger partial charge in [-0.15, -0.1) is 0 Å². The molecule has 1 aromatic heterocycles. The predicted molar refractivity (Wildman–Crippen MR) is 96.2 cm³/mol. The van der Waals surface area contributed by atoms with Gasteiger partial charge in [0.1, 0.15) is 16.9 Å². The van der Waals surface area contributed by atoms with Crippen molar-refractivity contribution in [3.63, 3.8) is 0 Å². The summed E-state index contributed by atoms with van der Waals surface area (Å²) >= 11 is 0. The van der Waals surface area contributed by atoms with Crippen LogP contribution in [0.3, 0.4) is 0 Å². The molecular weight excluding hydrogens is 316 g/mol. The van der Waals surface area contributed by atoms with E-state index in [-0.39, 0.29) is 17.6 Å². The molecule has 4 rings (SSSR count). The third kappa shape index (κ3) is 3.44. The van der Waals surface area contributed by atoms with Crippen LogP contribution in [0, 0.1) is 0 Å². The Morgan fingerprint density at radius 2 is 2.24 bits per heavy atom. The highest BCUT2D eigenvalue weighted by atomic mass is 16.5. The summed E-state index contributed by atoms with van der Waals surface area (Å²) in [7, 11) is 0. The monoisotopic (exact) mass is 342 g/mol. The fraction of sp³-hybridized carbons (Fsp3) is 0.550. The van der Waals surface area contributed by atoms with Gasteiger partial charge in [-0.2, -0.15) is 0 Å². The number of hydrogen-bond acceptors (Lipinski definition) is 4. The molecule has 0 radical (unpaired) electrons. The van der Waals surface area contributed by atoms with Crippen molar-refractivity contribution in [1.29, 1.82) is 0 Å². The molecule has 2 heterocycles. The highest BCUT2D eigenvalue weighted by molar-refractivity contribution is 5.77. The molecule has 1 N–H and O–H groups in total. The molecule has 25 heavy (non-hydrogen) atoms. The summed E-state index contributed by atoms with van der Waals surface area (Å²) in [6, 6.07) is 10.4. The van der Waals surface area contributed by atoms with Crippen LogP contribution < -0.4 is 5.32 Å². The van der Waals surface area contributed by atoms with Gasteiger partial charge in [0.15, 0.2) is 0 Å². The van der Waals surface area contributed by atoms with E-state index in [0.29, 0.717) is 6.61 Å². The molecule has 1 saturated carbocycles. The summed E-state index contributed by atoms with van der Waals surface area (Å²) in [6.07, 6.45) is 4.32. The third-order valence-electron chi connectivity index (χ3n) is 5.50. The molecule has 5 nitrogen and oxygen atoms in total. The lowest BCUT2D eigenvalue weighted by molar-refractivity contribution is -0.151. The molecule has 1 aromatic carbocycles. The highest BCUT2D eigenvalue weighted by Gasteiger charge is 2.45. The zero-order valence-electron chi connectivity index (χ0n) is 14.8. The summed E-state index contributed by atoms with van der Waals surface area (Å²) in [6.45, 7) is 4.82. The second-order valence-electron chi connectivity index (χ2n) is 7.37. The van der Waals surface area contributed by atoms with Crippen LogP contribution in [0.5, 0.6) is 0 Å². The maximum atomic E-state index is 11.6. The standard InChI is InChI=1S/C20H26N2O3/c1-15(23)21-19-8-4-5-9-20(19)14-22(10-11-24-20)13-17-12-16-6-2-3-7-18(16)25-17/h2-3,6-7,12,19H,4-5,8-11,13-14H2,1H3,(H,21,23)/t19-,20+/m0/s1. The number of furan rings is 1. The average Bonchev–Trinajstić information content (AvgIpc) is 2.99. The second-order valence-corrected chi connectivity index (χ2v) is 7.37. The summed E-state index contributed by atoms with van der Waals surface area (Å²) in [5.41, 5.74) is 0.683. The van der Waals surface area contributed by atoms with E-state index in [2.05, 4.69) is 22.3 Å².